The molecule has 0 spiro atoms. The molecule has 1 atom stereocenters. The number of non-ortho nitro benzene ring substituents is 1. The molecule has 1 aromatic carbocycles. The number of nitrogens with zero attached hydrogens (tertiary/aromatic N) is 2. The van der Waals surface area contributed by atoms with Gasteiger partial charge >= 0.3 is 5.97 Å². The Morgan fingerprint density at radius 1 is 1.52 bits per heavy atom. The number of hydrogen-bond donors (Lipinski definition) is 3. The van der Waals surface area contributed by atoms with Crippen molar-refractivity contribution in [1.29, 1.82) is 0 Å². The summed E-state index contributed by atoms with van der Waals surface area (Å²) in [5.74, 6) is -0.460. The molecule has 2 rings (SSSR count). The van der Waals surface area contributed by atoms with E-state index in [9.17, 15) is 20.0 Å². The molecule has 8 heteroatoms. The molecule has 1 heterocycles. The van der Waals surface area contributed by atoms with Gasteiger partial charge in [0.05, 0.1) is 16.0 Å². The summed E-state index contributed by atoms with van der Waals surface area (Å²) in [5, 5.41) is 22.7. The molecule has 21 heavy (non-hydrogen) atoms. The number of nitrogens with one attached hydrogen (secondary N) is 2. The number of benzene rings is 1. The zero-order valence-corrected chi connectivity index (χ0v) is 11.7. The van der Waals surface area contributed by atoms with Crippen LogP contribution in [-0.2, 0) is 4.79 Å². The van der Waals surface area contributed by atoms with E-state index >= 15 is 0 Å². The van der Waals surface area contributed by atoms with Crippen molar-refractivity contribution in [1.82, 2.24) is 9.97 Å². The maximum Gasteiger partial charge on any atom is 0.326 e. The van der Waals surface area contributed by atoms with Crippen LogP contribution in [0.3, 0.4) is 0 Å². The summed E-state index contributed by atoms with van der Waals surface area (Å²) >= 11 is 0. The van der Waals surface area contributed by atoms with Crippen LogP contribution in [0.5, 0.6) is 0 Å². The fourth-order valence-electron chi connectivity index (χ4n) is 2.04. The van der Waals surface area contributed by atoms with Gasteiger partial charge in [0, 0.05) is 12.1 Å². The van der Waals surface area contributed by atoms with Gasteiger partial charge in [0.1, 0.15) is 6.04 Å². The molecule has 0 saturated carbocycles. The molecule has 0 aliphatic carbocycles. The standard InChI is InChI=1S/C13H16N4O4/c1-7(2)5-11(12(18)19)16-13-14-9-4-3-8(17(20)21)6-10(9)15-13/h3-4,6-7,11H,5H2,1-2H3,(H,18,19)(H2,14,15,16)/t11-/m1/s1. The molecular formula is C13H16N4O4. The van der Waals surface area contributed by atoms with Crippen LogP contribution in [-0.4, -0.2) is 32.0 Å². The molecule has 3 N–H and O–H groups in total. The topological polar surface area (TPSA) is 121 Å². The fraction of sp³-hybridized carbons (Fsp3) is 0.385. The van der Waals surface area contributed by atoms with Crippen LogP contribution in [0.4, 0.5) is 11.6 Å². The second kappa shape index (κ2) is 5.78. The van der Waals surface area contributed by atoms with Gasteiger partial charge in [-0.25, -0.2) is 9.78 Å². The Morgan fingerprint density at radius 3 is 2.81 bits per heavy atom. The summed E-state index contributed by atoms with van der Waals surface area (Å²) in [5.41, 5.74) is 0.979. The van der Waals surface area contributed by atoms with Crippen molar-refractivity contribution in [3.63, 3.8) is 0 Å². The minimum Gasteiger partial charge on any atom is -0.480 e. The number of hydrogen-bond acceptors (Lipinski definition) is 5. The molecule has 0 aliphatic rings. The lowest BCUT2D eigenvalue weighted by Crippen LogP contribution is -2.31. The van der Waals surface area contributed by atoms with Crippen molar-refractivity contribution < 1.29 is 14.8 Å². The number of aromatic nitrogens is 2. The number of nitro benzene ring substituents is 1. The molecule has 0 fully saturated rings. The maximum absolute atomic E-state index is 11.2. The van der Waals surface area contributed by atoms with Gasteiger partial charge in [0.2, 0.25) is 5.95 Å². The highest BCUT2D eigenvalue weighted by Gasteiger charge is 2.20. The summed E-state index contributed by atoms with van der Waals surface area (Å²) in [7, 11) is 0. The second-order valence-electron chi connectivity index (χ2n) is 5.21. The van der Waals surface area contributed by atoms with Gasteiger partial charge in [-0.05, 0) is 18.4 Å². The number of anilines is 1. The van der Waals surface area contributed by atoms with Crippen LogP contribution < -0.4 is 5.32 Å². The molecule has 0 bridgehead atoms. The van der Waals surface area contributed by atoms with Gasteiger partial charge in [0.25, 0.3) is 5.69 Å². The lowest BCUT2D eigenvalue weighted by atomic mass is 10.0. The van der Waals surface area contributed by atoms with Crippen LogP contribution in [0, 0.1) is 16.0 Å². The molecule has 0 radical (unpaired) electrons. The van der Waals surface area contributed by atoms with Crippen LogP contribution in [0.15, 0.2) is 18.2 Å². The third-order valence-corrected chi connectivity index (χ3v) is 2.99. The van der Waals surface area contributed by atoms with Crippen molar-refractivity contribution in [3.05, 3.63) is 28.3 Å². The van der Waals surface area contributed by atoms with E-state index < -0.39 is 16.9 Å². The van der Waals surface area contributed by atoms with E-state index in [1.807, 2.05) is 13.8 Å². The van der Waals surface area contributed by atoms with Crippen LogP contribution in [0.25, 0.3) is 11.0 Å². The molecule has 0 amide bonds. The fourth-order valence-corrected chi connectivity index (χ4v) is 2.04. The Kier molecular flexibility index (Phi) is 4.06. The summed E-state index contributed by atoms with van der Waals surface area (Å²) in [6, 6.07) is 3.48. The largest absolute Gasteiger partial charge is 0.480 e. The molecule has 0 unspecified atom stereocenters. The first-order chi connectivity index (χ1) is 9.86. The average Bonchev–Trinajstić information content (AvgIpc) is 2.78. The van der Waals surface area contributed by atoms with E-state index in [2.05, 4.69) is 15.3 Å². The Balaban J connectivity index is 2.25. The first-order valence-corrected chi connectivity index (χ1v) is 6.50. The smallest absolute Gasteiger partial charge is 0.326 e. The number of nitro groups is 1. The third kappa shape index (κ3) is 3.47. The minimum absolute atomic E-state index is 0.0466. The number of aliphatic carboxylic acids is 1. The number of fused-ring (bicyclic) bond motifs is 1. The summed E-state index contributed by atoms with van der Waals surface area (Å²) in [6.07, 6.45) is 0.451. The van der Waals surface area contributed by atoms with Crippen LogP contribution >= 0.6 is 0 Å². The first-order valence-electron chi connectivity index (χ1n) is 6.50. The van der Waals surface area contributed by atoms with E-state index in [4.69, 9.17) is 0 Å². The molecule has 0 aliphatic heterocycles. The van der Waals surface area contributed by atoms with E-state index in [0.717, 1.165) is 0 Å². The predicted molar refractivity (Wildman–Crippen MR) is 77.2 cm³/mol. The average molecular weight is 292 g/mol. The molecule has 2 aromatic rings. The highest BCUT2D eigenvalue weighted by atomic mass is 16.6. The molecular weight excluding hydrogens is 276 g/mol. The molecule has 8 nitrogen and oxygen atoms in total. The normalized spacial score (nSPS) is 12.5. The van der Waals surface area contributed by atoms with Crippen molar-refractivity contribution in [3.8, 4) is 0 Å². The lowest BCUT2D eigenvalue weighted by Gasteiger charge is -2.15. The third-order valence-electron chi connectivity index (χ3n) is 2.99. The Bertz CT molecular complexity index is 680. The molecule has 112 valence electrons. The zero-order chi connectivity index (χ0) is 15.6. The van der Waals surface area contributed by atoms with Gasteiger partial charge in [-0.15, -0.1) is 0 Å². The highest BCUT2D eigenvalue weighted by Crippen LogP contribution is 2.21. The van der Waals surface area contributed by atoms with Gasteiger partial charge in [-0.2, -0.15) is 0 Å². The van der Waals surface area contributed by atoms with Gasteiger partial charge in [-0.3, -0.25) is 10.1 Å². The monoisotopic (exact) mass is 292 g/mol. The predicted octanol–water partition coefficient (Wildman–Crippen LogP) is 2.38. The second-order valence-corrected chi connectivity index (χ2v) is 5.21. The zero-order valence-electron chi connectivity index (χ0n) is 11.7. The Labute approximate surface area is 120 Å². The number of aromatic amines is 1. The van der Waals surface area contributed by atoms with E-state index in [1.165, 1.54) is 18.2 Å². The van der Waals surface area contributed by atoms with E-state index in [-0.39, 0.29) is 11.6 Å². The Morgan fingerprint density at radius 2 is 2.24 bits per heavy atom. The summed E-state index contributed by atoms with van der Waals surface area (Å²) < 4.78 is 0. The minimum atomic E-state index is -0.963. The lowest BCUT2D eigenvalue weighted by molar-refractivity contribution is -0.384. The van der Waals surface area contributed by atoms with Crippen LogP contribution in [0.1, 0.15) is 20.3 Å². The van der Waals surface area contributed by atoms with E-state index in [0.29, 0.717) is 23.4 Å². The first kappa shape index (κ1) is 14.8. The summed E-state index contributed by atoms with van der Waals surface area (Å²) in [4.78, 5) is 28.5. The molecule has 1 aromatic heterocycles. The van der Waals surface area contributed by atoms with Crippen molar-refractivity contribution in [2.24, 2.45) is 5.92 Å². The van der Waals surface area contributed by atoms with Gasteiger partial charge in [-0.1, -0.05) is 13.8 Å². The van der Waals surface area contributed by atoms with Gasteiger partial charge < -0.3 is 15.4 Å². The van der Waals surface area contributed by atoms with E-state index in [1.54, 1.807) is 0 Å². The van der Waals surface area contributed by atoms with Crippen LogP contribution in [0.2, 0.25) is 0 Å². The highest BCUT2D eigenvalue weighted by molar-refractivity contribution is 5.81. The number of carbonyl (C=O) groups is 1. The van der Waals surface area contributed by atoms with Crippen molar-refractivity contribution >= 4 is 28.6 Å². The number of H-pyrrole nitrogens is 1. The quantitative estimate of drug-likeness (QED) is 0.555. The van der Waals surface area contributed by atoms with Crippen molar-refractivity contribution in [2.45, 2.75) is 26.3 Å². The number of rotatable bonds is 6. The Hall–Kier alpha value is -2.64. The number of imidazole rings is 1. The molecule has 0 saturated heterocycles. The summed E-state index contributed by atoms with van der Waals surface area (Å²) in [6.45, 7) is 3.86. The maximum atomic E-state index is 11.2. The SMILES string of the molecule is CC(C)C[C@@H](Nc1nc2ccc([N+](=O)[O-])cc2[nH]1)C(=O)O. The number of carboxylic acid groups (broad SMARTS) is 1. The van der Waals surface area contributed by atoms with Crippen molar-refractivity contribution in [2.75, 3.05) is 5.32 Å². The van der Waals surface area contributed by atoms with Gasteiger partial charge in [0.15, 0.2) is 0 Å². The number of carboxylic acids is 1.